The van der Waals surface area contributed by atoms with Gasteiger partial charge in [-0.2, -0.15) is 0 Å². The van der Waals surface area contributed by atoms with Crippen LogP contribution in [0.25, 0.3) is 0 Å². The Hall–Kier alpha value is -2.93. The number of amides is 3. The lowest BCUT2D eigenvalue weighted by Crippen LogP contribution is -2.58. The third-order valence-corrected chi connectivity index (χ3v) is 5.58. The lowest BCUT2D eigenvalue weighted by atomic mass is 9.81. The maximum absolute atomic E-state index is 13.2. The van der Waals surface area contributed by atoms with Gasteiger partial charge in [-0.1, -0.05) is 43.0 Å². The van der Waals surface area contributed by atoms with Crippen molar-refractivity contribution in [3.05, 3.63) is 47.5 Å². The number of para-hydroxylation sites is 1. The minimum Gasteiger partial charge on any atom is -0.454 e. The first-order chi connectivity index (χ1) is 14.1. The highest BCUT2D eigenvalue weighted by Gasteiger charge is 2.41. The van der Waals surface area contributed by atoms with E-state index in [1.165, 1.54) is 0 Å². The number of anilines is 2. The van der Waals surface area contributed by atoms with Crippen molar-refractivity contribution in [3.8, 4) is 11.5 Å². The Bertz CT molecular complexity index is 928. The first-order valence-corrected chi connectivity index (χ1v) is 9.98. The fourth-order valence-corrected chi connectivity index (χ4v) is 3.91. The molecule has 7 nitrogen and oxygen atoms in total. The van der Waals surface area contributed by atoms with Crippen LogP contribution in [0.3, 0.4) is 0 Å². The summed E-state index contributed by atoms with van der Waals surface area (Å²) in [5.41, 5.74) is 0.103. The fourth-order valence-electron chi connectivity index (χ4n) is 3.72. The van der Waals surface area contributed by atoms with E-state index in [-0.39, 0.29) is 12.7 Å². The van der Waals surface area contributed by atoms with Crippen LogP contribution in [0.2, 0.25) is 5.02 Å². The molecule has 1 saturated carbocycles. The Kier molecular flexibility index (Phi) is 5.49. The van der Waals surface area contributed by atoms with E-state index in [2.05, 4.69) is 16.0 Å². The molecule has 0 aromatic heterocycles. The van der Waals surface area contributed by atoms with E-state index < -0.39 is 11.6 Å². The highest BCUT2D eigenvalue weighted by molar-refractivity contribution is 6.33. The number of ether oxygens (including phenoxy) is 2. The monoisotopic (exact) mass is 415 g/mol. The lowest BCUT2D eigenvalue weighted by molar-refractivity contribution is -0.123. The van der Waals surface area contributed by atoms with Crippen molar-refractivity contribution in [3.63, 3.8) is 0 Å². The standard InChI is InChI=1S/C21H22ClN3O4/c22-15-6-2-3-7-16(15)24-20(27)25-21(10-4-1-5-11-21)19(26)23-14-8-9-17-18(12-14)29-13-28-17/h2-3,6-9,12H,1,4-5,10-11,13H2,(H,23,26)(H2,24,25,27). The van der Waals surface area contributed by atoms with Gasteiger partial charge in [-0.3, -0.25) is 4.79 Å². The van der Waals surface area contributed by atoms with Crippen LogP contribution in [-0.4, -0.2) is 24.3 Å². The smallest absolute Gasteiger partial charge is 0.320 e. The average molecular weight is 416 g/mol. The molecule has 0 unspecified atom stereocenters. The highest BCUT2D eigenvalue weighted by Crippen LogP contribution is 2.35. The van der Waals surface area contributed by atoms with Crippen molar-refractivity contribution in [2.75, 3.05) is 17.4 Å². The van der Waals surface area contributed by atoms with E-state index >= 15 is 0 Å². The topological polar surface area (TPSA) is 88.7 Å². The van der Waals surface area contributed by atoms with E-state index in [9.17, 15) is 9.59 Å². The van der Waals surface area contributed by atoms with Gasteiger partial charge in [0.05, 0.1) is 10.7 Å². The van der Waals surface area contributed by atoms with E-state index in [1.54, 1.807) is 42.5 Å². The Morgan fingerprint density at radius 2 is 1.69 bits per heavy atom. The predicted molar refractivity (Wildman–Crippen MR) is 111 cm³/mol. The average Bonchev–Trinajstić information content (AvgIpc) is 3.18. The van der Waals surface area contributed by atoms with E-state index in [4.69, 9.17) is 21.1 Å². The summed E-state index contributed by atoms with van der Waals surface area (Å²) in [4.78, 5) is 25.8. The molecule has 0 saturated heterocycles. The first-order valence-electron chi connectivity index (χ1n) is 9.61. The molecule has 2 aliphatic rings. The highest BCUT2D eigenvalue weighted by atomic mass is 35.5. The van der Waals surface area contributed by atoms with Gasteiger partial charge in [0.15, 0.2) is 11.5 Å². The summed E-state index contributed by atoms with van der Waals surface area (Å²) < 4.78 is 10.7. The number of hydrogen-bond donors (Lipinski definition) is 3. The summed E-state index contributed by atoms with van der Waals surface area (Å²) in [5.74, 6) is 0.989. The van der Waals surface area contributed by atoms with E-state index in [0.717, 1.165) is 19.3 Å². The van der Waals surface area contributed by atoms with Gasteiger partial charge >= 0.3 is 6.03 Å². The third kappa shape index (κ3) is 4.24. The molecule has 2 aromatic rings. The number of nitrogens with one attached hydrogen (secondary N) is 3. The van der Waals surface area contributed by atoms with Gasteiger partial charge in [0.2, 0.25) is 12.7 Å². The number of carbonyl (C=O) groups is 2. The minimum absolute atomic E-state index is 0.167. The van der Waals surface area contributed by atoms with Gasteiger partial charge in [0.25, 0.3) is 0 Å². The quantitative estimate of drug-likeness (QED) is 0.684. The number of halogens is 1. The van der Waals surface area contributed by atoms with Crippen LogP contribution in [-0.2, 0) is 4.79 Å². The summed E-state index contributed by atoms with van der Waals surface area (Å²) >= 11 is 6.12. The largest absolute Gasteiger partial charge is 0.454 e. The van der Waals surface area contributed by atoms with Gasteiger partial charge in [0, 0.05) is 11.8 Å². The van der Waals surface area contributed by atoms with Crippen molar-refractivity contribution in [2.24, 2.45) is 0 Å². The van der Waals surface area contributed by atoms with Gasteiger partial charge in [-0.25, -0.2) is 4.79 Å². The Morgan fingerprint density at radius 3 is 2.48 bits per heavy atom. The molecule has 0 spiro atoms. The SMILES string of the molecule is O=C(Nc1ccccc1Cl)NC1(C(=O)Nc2ccc3c(c2)OCO3)CCCCC1. The second-order valence-corrected chi connectivity index (χ2v) is 7.63. The lowest BCUT2D eigenvalue weighted by Gasteiger charge is -2.36. The summed E-state index contributed by atoms with van der Waals surface area (Å²) in [6, 6.07) is 11.7. The Balaban J connectivity index is 1.49. The number of benzene rings is 2. The molecule has 1 aliphatic heterocycles. The molecule has 3 N–H and O–H groups in total. The molecule has 3 amide bonds. The van der Waals surface area contributed by atoms with Crippen LogP contribution in [0.15, 0.2) is 42.5 Å². The van der Waals surface area contributed by atoms with Crippen molar-refractivity contribution in [1.29, 1.82) is 0 Å². The molecule has 1 fully saturated rings. The molecule has 0 radical (unpaired) electrons. The zero-order valence-corrected chi connectivity index (χ0v) is 16.6. The molecule has 152 valence electrons. The second-order valence-electron chi connectivity index (χ2n) is 7.22. The zero-order chi connectivity index (χ0) is 20.3. The molecule has 2 aromatic carbocycles. The van der Waals surface area contributed by atoms with Crippen LogP contribution in [0.4, 0.5) is 16.2 Å². The van der Waals surface area contributed by atoms with Gasteiger partial charge in [-0.15, -0.1) is 0 Å². The van der Waals surface area contributed by atoms with Crippen LogP contribution >= 0.6 is 11.6 Å². The molecule has 0 bridgehead atoms. The number of fused-ring (bicyclic) bond motifs is 1. The van der Waals surface area contributed by atoms with Gasteiger partial charge in [0.1, 0.15) is 5.54 Å². The first kappa shape index (κ1) is 19.4. The van der Waals surface area contributed by atoms with Gasteiger partial charge in [-0.05, 0) is 37.1 Å². The van der Waals surface area contributed by atoms with Gasteiger partial charge < -0.3 is 25.4 Å². The molecule has 0 atom stereocenters. The number of urea groups is 1. The maximum atomic E-state index is 13.2. The molecule has 29 heavy (non-hydrogen) atoms. The van der Waals surface area contributed by atoms with Crippen molar-refractivity contribution in [2.45, 2.75) is 37.6 Å². The molecule has 1 heterocycles. The zero-order valence-electron chi connectivity index (χ0n) is 15.8. The van der Waals surface area contributed by atoms with Crippen LogP contribution in [0, 0.1) is 0 Å². The van der Waals surface area contributed by atoms with Crippen molar-refractivity contribution >= 4 is 34.9 Å². The Morgan fingerprint density at radius 1 is 0.931 bits per heavy atom. The van der Waals surface area contributed by atoms with Crippen LogP contribution in [0.5, 0.6) is 11.5 Å². The normalized spacial score (nSPS) is 16.7. The molecule has 8 heteroatoms. The molecule has 1 aliphatic carbocycles. The third-order valence-electron chi connectivity index (χ3n) is 5.25. The fraction of sp³-hybridized carbons (Fsp3) is 0.333. The number of hydrogen-bond acceptors (Lipinski definition) is 4. The summed E-state index contributed by atoms with van der Waals surface area (Å²) in [6.07, 6.45) is 3.90. The van der Waals surface area contributed by atoms with Crippen molar-refractivity contribution < 1.29 is 19.1 Å². The predicted octanol–water partition coefficient (Wildman–Crippen LogP) is 4.53. The minimum atomic E-state index is -0.986. The van der Waals surface area contributed by atoms with Crippen LogP contribution in [0.1, 0.15) is 32.1 Å². The van der Waals surface area contributed by atoms with E-state index in [0.29, 0.717) is 40.7 Å². The number of rotatable bonds is 4. The van der Waals surface area contributed by atoms with Crippen LogP contribution < -0.4 is 25.4 Å². The molecular formula is C21H22ClN3O4. The van der Waals surface area contributed by atoms with E-state index in [1.807, 2.05) is 0 Å². The Labute approximate surface area is 173 Å². The summed E-state index contributed by atoms with van der Waals surface area (Å²) in [6.45, 7) is 0.167. The van der Waals surface area contributed by atoms with Crippen molar-refractivity contribution in [1.82, 2.24) is 5.32 Å². The summed E-state index contributed by atoms with van der Waals surface area (Å²) in [7, 11) is 0. The molecular weight excluding hydrogens is 394 g/mol. The second kappa shape index (κ2) is 8.21. The molecule has 4 rings (SSSR count). The number of carbonyl (C=O) groups excluding carboxylic acids is 2. The maximum Gasteiger partial charge on any atom is 0.320 e. The summed E-state index contributed by atoms with van der Waals surface area (Å²) in [5, 5.41) is 9.00.